The summed E-state index contributed by atoms with van der Waals surface area (Å²) < 4.78 is 11.2. The molecule has 0 atom stereocenters. The molecule has 2 aromatic heterocycles. The minimum atomic E-state index is -0.00663. The van der Waals surface area contributed by atoms with Crippen molar-refractivity contribution in [2.24, 2.45) is 0 Å². The Hall–Kier alpha value is -2.31. The molecule has 3 heterocycles. The molecule has 0 unspecified atom stereocenters. The molecule has 3 aromatic rings. The maximum atomic E-state index is 13.0. The van der Waals surface area contributed by atoms with Gasteiger partial charge in [0.25, 0.3) is 5.91 Å². The highest BCUT2D eigenvalue weighted by molar-refractivity contribution is 7.09. The minimum Gasteiger partial charge on any atom is -0.497 e. The summed E-state index contributed by atoms with van der Waals surface area (Å²) in [5.41, 5.74) is 1.62. The van der Waals surface area contributed by atoms with Gasteiger partial charge < -0.3 is 19.0 Å². The van der Waals surface area contributed by atoms with Crippen molar-refractivity contribution < 1.29 is 18.8 Å². The fraction of sp³-hybridized carbons (Fsp3) is 0.350. The van der Waals surface area contributed by atoms with Crippen LogP contribution in [-0.4, -0.2) is 44.1 Å². The van der Waals surface area contributed by atoms with Crippen molar-refractivity contribution in [1.29, 1.82) is 0 Å². The molecule has 0 saturated carbocycles. The van der Waals surface area contributed by atoms with Crippen molar-refractivity contribution in [3.63, 3.8) is 0 Å². The number of nitrogens with one attached hydrogen (secondary N) is 1. The molecule has 1 aliphatic rings. The third-order valence-electron chi connectivity index (χ3n) is 5.10. The maximum Gasteiger partial charge on any atom is 0.290 e. The summed E-state index contributed by atoms with van der Waals surface area (Å²) in [5.74, 6) is 1.22. The Balaban J connectivity index is 1.46. The van der Waals surface area contributed by atoms with Crippen molar-refractivity contribution >= 4 is 28.2 Å². The number of piperazine rings is 1. The molecular formula is C20H23N2O3S+. The van der Waals surface area contributed by atoms with E-state index in [1.807, 2.05) is 30.0 Å². The van der Waals surface area contributed by atoms with Crippen LogP contribution < -0.4 is 9.64 Å². The number of fused-ring (bicyclic) bond motifs is 1. The number of aryl methyl sites for hydroxylation is 1. The van der Waals surface area contributed by atoms with E-state index in [0.29, 0.717) is 5.76 Å². The Labute approximate surface area is 156 Å². The summed E-state index contributed by atoms with van der Waals surface area (Å²) in [7, 11) is 1.64. The lowest BCUT2D eigenvalue weighted by molar-refractivity contribution is -0.917. The van der Waals surface area contributed by atoms with Crippen LogP contribution in [0.25, 0.3) is 11.0 Å². The number of quaternary nitrogens is 1. The van der Waals surface area contributed by atoms with E-state index in [4.69, 9.17) is 9.15 Å². The number of rotatable bonds is 4. The predicted molar refractivity (Wildman–Crippen MR) is 102 cm³/mol. The van der Waals surface area contributed by atoms with Crippen LogP contribution in [0.1, 0.15) is 21.0 Å². The number of benzene rings is 1. The molecular weight excluding hydrogens is 348 g/mol. The highest BCUT2D eigenvalue weighted by Gasteiger charge is 2.28. The van der Waals surface area contributed by atoms with Crippen molar-refractivity contribution in [2.75, 3.05) is 33.3 Å². The second kappa shape index (κ2) is 7.13. The van der Waals surface area contributed by atoms with E-state index in [9.17, 15) is 4.79 Å². The number of furan rings is 1. The highest BCUT2D eigenvalue weighted by Crippen LogP contribution is 2.29. The van der Waals surface area contributed by atoms with Crippen LogP contribution in [0.3, 0.4) is 0 Å². The van der Waals surface area contributed by atoms with Gasteiger partial charge in [0.1, 0.15) is 17.9 Å². The summed E-state index contributed by atoms with van der Waals surface area (Å²) in [6.07, 6.45) is 0. The van der Waals surface area contributed by atoms with E-state index in [-0.39, 0.29) is 5.91 Å². The Morgan fingerprint density at radius 2 is 2.12 bits per heavy atom. The van der Waals surface area contributed by atoms with Crippen LogP contribution in [0.15, 0.2) is 40.1 Å². The number of hydrogen-bond donors (Lipinski definition) is 1. The largest absolute Gasteiger partial charge is 0.497 e. The van der Waals surface area contributed by atoms with Gasteiger partial charge in [-0.2, -0.15) is 0 Å². The molecule has 6 heteroatoms. The normalized spacial score (nSPS) is 15.5. The van der Waals surface area contributed by atoms with Gasteiger partial charge in [0.2, 0.25) is 0 Å². The number of hydrogen-bond acceptors (Lipinski definition) is 4. The van der Waals surface area contributed by atoms with E-state index in [0.717, 1.165) is 55.0 Å². The van der Waals surface area contributed by atoms with Gasteiger partial charge in [0.05, 0.1) is 38.2 Å². The zero-order valence-electron chi connectivity index (χ0n) is 15.1. The van der Waals surface area contributed by atoms with Gasteiger partial charge in [-0.3, -0.25) is 4.79 Å². The van der Waals surface area contributed by atoms with Gasteiger partial charge in [-0.25, -0.2) is 0 Å². The van der Waals surface area contributed by atoms with Crippen LogP contribution >= 0.6 is 11.3 Å². The monoisotopic (exact) mass is 371 g/mol. The molecule has 136 valence electrons. The number of carbonyl (C=O) groups excluding carboxylic acids is 1. The smallest absolute Gasteiger partial charge is 0.290 e. The highest BCUT2D eigenvalue weighted by atomic mass is 32.1. The van der Waals surface area contributed by atoms with E-state index < -0.39 is 0 Å². The molecule has 0 radical (unpaired) electrons. The fourth-order valence-corrected chi connectivity index (χ4v) is 4.31. The summed E-state index contributed by atoms with van der Waals surface area (Å²) in [4.78, 5) is 17.8. The summed E-state index contributed by atoms with van der Waals surface area (Å²) in [5, 5.41) is 3.06. The molecule has 5 nitrogen and oxygen atoms in total. The molecule has 26 heavy (non-hydrogen) atoms. The second-order valence-corrected chi connectivity index (χ2v) is 7.75. The minimum absolute atomic E-state index is 0.00663. The van der Waals surface area contributed by atoms with E-state index in [2.05, 4.69) is 17.5 Å². The van der Waals surface area contributed by atoms with Crippen LogP contribution in [0.4, 0.5) is 0 Å². The molecule has 1 fully saturated rings. The molecule has 1 amide bonds. The maximum absolute atomic E-state index is 13.0. The summed E-state index contributed by atoms with van der Waals surface area (Å²) in [6.45, 7) is 6.45. The average molecular weight is 371 g/mol. The molecule has 1 saturated heterocycles. The van der Waals surface area contributed by atoms with Gasteiger partial charge in [-0.05, 0) is 36.6 Å². The van der Waals surface area contributed by atoms with E-state index in [1.165, 1.54) is 9.78 Å². The van der Waals surface area contributed by atoms with Gasteiger partial charge >= 0.3 is 0 Å². The van der Waals surface area contributed by atoms with Crippen LogP contribution in [-0.2, 0) is 6.54 Å². The van der Waals surface area contributed by atoms with Crippen molar-refractivity contribution in [3.8, 4) is 5.75 Å². The fourth-order valence-electron chi connectivity index (χ4n) is 3.54. The molecule has 0 bridgehead atoms. The van der Waals surface area contributed by atoms with Gasteiger partial charge in [-0.1, -0.05) is 6.07 Å². The number of carbonyl (C=O) groups is 1. The third-order valence-corrected chi connectivity index (χ3v) is 5.98. The Morgan fingerprint density at radius 3 is 2.81 bits per heavy atom. The first-order valence-corrected chi connectivity index (χ1v) is 9.76. The number of nitrogens with zero attached hydrogens (tertiary/aromatic N) is 1. The number of amides is 1. The first-order valence-electron chi connectivity index (χ1n) is 8.88. The summed E-state index contributed by atoms with van der Waals surface area (Å²) in [6, 6.07) is 9.92. The molecule has 1 aromatic carbocycles. The molecule has 0 aliphatic carbocycles. The van der Waals surface area contributed by atoms with Crippen LogP contribution in [0.5, 0.6) is 5.75 Å². The molecule has 0 spiro atoms. The topological polar surface area (TPSA) is 47.1 Å². The zero-order chi connectivity index (χ0) is 18.1. The van der Waals surface area contributed by atoms with Gasteiger partial charge in [0, 0.05) is 10.9 Å². The van der Waals surface area contributed by atoms with E-state index in [1.54, 1.807) is 18.4 Å². The lowest BCUT2D eigenvalue weighted by atomic mass is 10.1. The SMILES string of the molecule is COc1ccc2oc(C(=O)N3CC[NH+](Cc4cccs4)CC3)c(C)c2c1. The predicted octanol–water partition coefficient (Wildman–Crippen LogP) is 2.35. The van der Waals surface area contributed by atoms with Crippen molar-refractivity contribution in [1.82, 2.24) is 4.90 Å². The lowest BCUT2D eigenvalue weighted by Crippen LogP contribution is -3.13. The first-order chi connectivity index (χ1) is 12.7. The third kappa shape index (κ3) is 3.22. The first kappa shape index (κ1) is 17.1. The number of thiophene rings is 1. The van der Waals surface area contributed by atoms with Gasteiger partial charge in [-0.15, -0.1) is 11.3 Å². The second-order valence-electron chi connectivity index (χ2n) is 6.72. The average Bonchev–Trinajstić information content (AvgIpc) is 3.29. The quantitative estimate of drug-likeness (QED) is 0.766. The number of ether oxygens (including phenoxy) is 1. The Bertz CT molecular complexity index is 909. The van der Waals surface area contributed by atoms with Crippen molar-refractivity contribution in [2.45, 2.75) is 13.5 Å². The number of methoxy groups -OCH3 is 1. The molecule has 1 N–H and O–H groups in total. The Morgan fingerprint density at radius 1 is 1.31 bits per heavy atom. The summed E-state index contributed by atoms with van der Waals surface area (Å²) >= 11 is 1.80. The van der Waals surface area contributed by atoms with Gasteiger partial charge in [0.15, 0.2) is 5.76 Å². The van der Waals surface area contributed by atoms with Crippen LogP contribution in [0.2, 0.25) is 0 Å². The zero-order valence-corrected chi connectivity index (χ0v) is 15.9. The van der Waals surface area contributed by atoms with E-state index >= 15 is 0 Å². The molecule has 1 aliphatic heterocycles. The molecule has 4 rings (SSSR count). The standard InChI is InChI=1S/C20H22N2O3S/c1-14-17-12-15(24-2)5-6-18(17)25-19(14)20(23)22-9-7-21(8-10-22)13-16-4-3-11-26-16/h3-6,11-12H,7-10,13H2,1-2H3/p+1. The van der Waals surface area contributed by atoms with Crippen LogP contribution in [0, 0.1) is 6.92 Å². The van der Waals surface area contributed by atoms with Crippen molar-refractivity contribution in [3.05, 3.63) is 51.9 Å². The Kier molecular flexibility index (Phi) is 4.70. The lowest BCUT2D eigenvalue weighted by Gasteiger charge is -2.31.